The lowest BCUT2D eigenvalue weighted by atomic mass is 10.1. The minimum atomic E-state index is -3.81. The van der Waals surface area contributed by atoms with Crippen molar-refractivity contribution in [2.24, 2.45) is 0 Å². The molecule has 1 heterocycles. The van der Waals surface area contributed by atoms with Crippen LogP contribution in [0.25, 0.3) is 0 Å². The number of likely N-dealkylation sites (tertiary alicyclic amines) is 1. The van der Waals surface area contributed by atoms with Gasteiger partial charge >= 0.3 is 0 Å². The number of ether oxygens (including phenoxy) is 1. The third-order valence-electron chi connectivity index (χ3n) is 4.73. The summed E-state index contributed by atoms with van der Waals surface area (Å²) in [5.41, 5.74) is 0.982. The molecule has 146 valence electrons. The highest BCUT2D eigenvalue weighted by atomic mass is 35.5. The van der Waals surface area contributed by atoms with E-state index in [2.05, 4.69) is 9.62 Å². The molecule has 5 nitrogen and oxygen atoms in total. The van der Waals surface area contributed by atoms with Crippen LogP contribution in [0.15, 0.2) is 47.4 Å². The van der Waals surface area contributed by atoms with E-state index in [-0.39, 0.29) is 22.5 Å². The van der Waals surface area contributed by atoms with E-state index in [0.29, 0.717) is 0 Å². The molecule has 8 heteroatoms. The molecule has 0 spiro atoms. The van der Waals surface area contributed by atoms with Crippen LogP contribution in [0.5, 0.6) is 5.75 Å². The standard InChI is InChI=1S/C19H22ClFN2O3S/c1-26-15-6-4-5-14(11-15)19(23-9-2-3-10-23)13-22-27(24,25)16-7-8-18(21)17(20)12-16/h4-8,11-12,19,22H,2-3,9-10,13H2,1H3. The van der Waals surface area contributed by atoms with Crippen molar-refractivity contribution in [2.45, 2.75) is 23.8 Å². The first-order chi connectivity index (χ1) is 12.9. The van der Waals surface area contributed by atoms with Crippen LogP contribution in [0.3, 0.4) is 0 Å². The van der Waals surface area contributed by atoms with Crippen molar-refractivity contribution in [2.75, 3.05) is 26.7 Å². The van der Waals surface area contributed by atoms with Gasteiger partial charge in [-0.1, -0.05) is 23.7 Å². The summed E-state index contributed by atoms with van der Waals surface area (Å²) in [7, 11) is -2.20. The van der Waals surface area contributed by atoms with Crippen molar-refractivity contribution < 1.29 is 17.5 Å². The Morgan fingerprint density at radius 2 is 1.96 bits per heavy atom. The Morgan fingerprint density at radius 3 is 2.63 bits per heavy atom. The van der Waals surface area contributed by atoms with Crippen molar-refractivity contribution in [3.63, 3.8) is 0 Å². The molecule has 1 fully saturated rings. The molecule has 0 saturated carbocycles. The quantitative estimate of drug-likeness (QED) is 0.754. The van der Waals surface area contributed by atoms with Crippen LogP contribution in [0, 0.1) is 5.82 Å². The molecule has 3 rings (SSSR count). The fourth-order valence-corrected chi connectivity index (χ4v) is 4.59. The van der Waals surface area contributed by atoms with Crippen molar-refractivity contribution in [3.8, 4) is 5.75 Å². The first-order valence-electron chi connectivity index (χ1n) is 8.73. The average Bonchev–Trinajstić information content (AvgIpc) is 3.18. The number of hydrogen-bond acceptors (Lipinski definition) is 4. The van der Waals surface area contributed by atoms with Crippen LogP contribution in [0.2, 0.25) is 5.02 Å². The predicted molar refractivity (Wildman–Crippen MR) is 103 cm³/mol. The maximum absolute atomic E-state index is 13.3. The van der Waals surface area contributed by atoms with Gasteiger partial charge < -0.3 is 4.74 Å². The molecule has 1 saturated heterocycles. The molecule has 1 aliphatic rings. The zero-order valence-electron chi connectivity index (χ0n) is 15.0. The maximum atomic E-state index is 13.3. The highest BCUT2D eigenvalue weighted by molar-refractivity contribution is 7.89. The molecule has 1 unspecified atom stereocenters. The Labute approximate surface area is 164 Å². The monoisotopic (exact) mass is 412 g/mol. The summed E-state index contributed by atoms with van der Waals surface area (Å²) in [4.78, 5) is 2.20. The number of benzene rings is 2. The van der Waals surface area contributed by atoms with E-state index in [9.17, 15) is 12.8 Å². The smallest absolute Gasteiger partial charge is 0.240 e. The highest BCUT2D eigenvalue weighted by Crippen LogP contribution is 2.28. The van der Waals surface area contributed by atoms with Gasteiger partial charge in [-0.25, -0.2) is 17.5 Å². The lowest BCUT2D eigenvalue weighted by Crippen LogP contribution is -2.36. The molecule has 0 amide bonds. The minimum absolute atomic E-state index is 0.0558. The van der Waals surface area contributed by atoms with Crippen molar-refractivity contribution >= 4 is 21.6 Å². The normalized spacial score (nSPS) is 16.4. The van der Waals surface area contributed by atoms with E-state index in [0.717, 1.165) is 49.4 Å². The molecule has 0 aliphatic carbocycles. The van der Waals surface area contributed by atoms with Crippen LogP contribution < -0.4 is 9.46 Å². The van der Waals surface area contributed by atoms with E-state index >= 15 is 0 Å². The molecule has 2 aromatic rings. The summed E-state index contributed by atoms with van der Waals surface area (Å²) in [5, 5.41) is -0.221. The Hall–Kier alpha value is -1.67. The third kappa shape index (κ3) is 4.79. The van der Waals surface area contributed by atoms with Gasteiger partial charge in [0.25, 0.3) is 0 Å². The molecule has 0 bridgehead atoms. The summed E-state index contributed by atoms with van der Waals surface area (Å²) in [5.74, 6) is 0.0758. The summed E-state index contributed by atoms with van der Waals surface area (Å²) in [6, 6.07) is 10.9. The van der Waals surface area contributed by atoms with Gasteiger partial charge in [0, 0.05) is 12.6 Å². The number of nitrogens with zero attached hydrogens (tertiary/aromatic N) is 1. The molecular formula is C19H22ClFN2O3S. The number of nitrogens with one attached hydrogen (secondary N) is 1. The topological polar surface area (TPSA) is 58.6 Å². The van der Waals surface area contributed by atoms with E-state index in [1.807, 2.05) is 24.3 Å². The number of methoxy groups -OCH3 is 1. The zero-order valence-corrected chi connectivity index (χ0v) is 16.6. The fourth-order valence-electron chi connectivity index (χ4n) is 3.28. The lowest BCUT2D eigenvalue weighted by Gasteiger charge is -2.28. The zero-order chi connectivity index (χ0) is 19.4. The average molecular weight is 413 g/mol. The Bertz CT molecular complexity index is 902. The number of halogens is 2. The number of sulfonamides is 1. The largest absolute Gasteiger partial charge is 0.497 e. The summed E-state index contributed by atoms with van der Waals surface area (Å²) >= 11 is 5.73. The molecule has 1 N–H and O–H groups in total. The van der Waals surface area contributed by atoms with Gasteiger partial charge in [-0.2, -0.15) is 0 Å². The molecule has 1 atom stereocenters. The van der Waals surface area contributed by atoms with E-state index < -0.39 is 15.8 Å². The minimum Gasteiger partial charge on any atom is -0.497 e. The maximum Gasteiger partial charge on any atom is 0.240 e. The summed E-state index contributed by atoms with van der Waals surface area (Å²) in [6.07, 6.45) is 2.17. The van der Waals surface area contributed by atoms with Gasteiger partial charge in [-0.15, -0.1) is 0 Å². The van der Waals surface area contributed by atoms with Gasteiger partial charge in [-0.05, 0) is 61.8 Å². The van der Waals surface area contributed by atoms with E-state index in [4.69, 9.17) is 16.3 Å². The Balaban J connectivity index is 1.82. The second-order valence-electron chi connectivity index (χ2n) is 6.46. The van der Waals surface area contributed by atoms with Gasteiger partial charge in [0.1, 0.15) is 11.6 Å². The van der Waals surface area contributed by atoms with E-state index in [1.165, 1.54) is 6.07 Å². The van der Waals surface area contributed by atoms with Gasteiger partial charge in [0.2, 0.25) is 10.0 Å². The molecule has 2 aromatic carbocycles. The highest BCUT2D eigenvalue weighted by Gasteiger charge is 2.26. The van der Waals surface area contributed by atoms with Crippen molar-refractivity contribution in [1.82, 2.24) is 9.62 Å². The Kier molecular flexibility index (Phi) is 6.37. The number of rotatable bonds is 7. The second kappa shape index (κ2) is 8.56. The van der Waals surface area contributed by atoms with Gasteiger partial charge in [0.15, 0.2) is 0 Å². The predicted octanol–water partition coefficient (Wildman–Crippen LogP) is 3.60. The van der Waals surface area contributed by atoms with E-state index in [1.54, 1.807) is 7.11 Å². The molecule has 0 radical (unpaired) electrons. The van der Waals surface area contributed by atoms with Gasteiger partial charge in [-0.3, -0.25) is 4.90 Å². The van der Waals surface area contributed by atoms with Crippen LogP contribution in [-0.2, 0) is 10.0 Å². The van der Waals surface area contributed by atoms with Gasteiger partial charge in [0.05, 0.1) is 17.0 Å². The second-order valence-corrected chi connectivity index (χ2v) is 8.64. The van der Waals surface area contributed by atoms with Crippen LogP contribution in [0.1, 0.15) is 24.4 Å². The van der Waals surface area contributed by atoms with Crippen LogP contribution in [0.4, 0.5) is 4.39 Å². The van der Waals surface area contributed by atoms with Crippen molar-refractivity contribution in [1.29, 1.82) is 0 Å². The SMILES string of the molecule is COc1cccc(C(CNS(=O)(=O)c2ccc(F)c(Cl)c2)N2CCCC2)c1. The molecule has 27 heavy (non-hydrogen) atoms. The van der Waals surface area contributed by atoms with Crippen LogP contribution >= 0.6 is 11.6 Å². The molecule has 1 aliphatic heterocycles. The summed E-state index contributed by atoms with van der Waals surface area (Å²) in [6.45, 7) is 2.02. The lowest BCUT2D eigenvalue weighted by molar-refractivity contribution is 0.246. The number of hydrogen-bond donors (Lipinski definition) is 1. The third-order valence-corrected chi connectivity index (χ3v) is 6.44. The fraction of sp³-hybridized carbons (Fsp3) is 0.368. The van der Waals surface area contributed by atoms with Crippen molar-refractivity contribution in [3.05, 3.63) is 58.9 Å². The van der Waals surface area contributed by atoms with Crippen LogP contribution in [-0.4, -0.2) is 40.1 Å². The molecule has 0 aromatic heterocycles. The Morgan fingerprint density at radius 1 is 1.22 bits per heavy atom. The first-order valence-corrected chi connectivity index (χ1v) is 10.6. The molecular weight excluding hydrogens is 391 g/mol. The first kappa shape index (κ1) is 20.1. The summed E-state index contributed by atoms with van der Waals surface area (Å²) < 4.78 is 46.5.